The van der Waals surface area contributed by atoms with Crippen LogP contribution in [-0.2, 0) is 11.2 Å². The lowest BCUT2D eigenvalue weighted by Gasteiger charge is -2.09. The van der Waals surface area contributed by atoms with E-state index in [0.717, 1.165) is 22.8 Å². The third kappa shape index (κ3) is 3.56. The van der Waals surface area contributed by atoms with Crippen molar-refractivity contribution in [1.82, 2.24) is 0 Å². The number of nitrogens with one attached hydrogen (secondary N) is 1. The lowest BCUT2D eigenvalue weighted by Crippen LogP contribution is -2.16. The summed E-state index contributed by atoms with van der Waals surface area (Å²) in [6.45, 7) is 3.94. The van der Waals surface area contributed by atoms with E-state index in [1.807, 2.05) is 32.0 Å². The highest BCUT2D eigenvalue weighted by molar-refractivity contribution is 5.92. The molecule has 2 aromatic carbocycles. The molecule has 0 unspecified atom stereocenters. The molecule has 1 amide bonds. The van der Waals surface area contributed by atoms with Gasteiger partial charge in [0.05, 0.1) is 17.8 Å². The van der Waals surface area contributed by atoms with Gasteiger partial charge in [-0.3, -0.25) is 4.79 Å². The second kappa shape index (κ2) is 5.91. The number of carbonyl (C=O) groups is 1. The maximum absolute atomic E-state index is 13.5. The summed E-state index contributed by atoms with van der Waals surface area (Å²) in [5.41, 5.74) is 8.07. The van der Waals surface area contributed by atoms with E-state index >= 15 is 0 Å². The normalized spacial score (nSPS) is 10.5. The van der Waals surface area contributed by atoms with Gasteiger partial charge in [0.15, 0.2) is 0 Å². The van der Waals surface area contributed by atoms with Crippen LogP contribution in [0.15, 0.2) is 30.3 Å². The summed E-state index contributed by atoms with van der Waals surface area (Å²) >= 11 is 0. The van der Waals surface area contributed by atoms with Crippen molar-refractivity contribution in [2.24, 2.45) is 0 Å². The molecule has 110 valence electrons. The van der Waals surface area contributed by atoms with Crippen LogP contribution < -0.4 is 11.1 Å². The van der Waals surface area contributed by atoms with Crippen LogP contribution in [0, 0.1) is 25.5 Å². The first-order valence-corrected chi connectivity index (χ1v) is 6.47. The lowest BCUT2D eigenvalue weighted by atomic mass is 10.0. The highest BCUT2D eigenvalue weighted by Gasteiger charge is 2.11. The van der Waals surface area contributed by atoms with Crippen molar-refractivity contribution in [2.75, 3.05) is 11.1 Å². The molecule has 21 heavy (non-hydrogen) atoms. The van der Waals surface area contributed by atoms with Crippen LogP contribution in [0.1, 0.15) is 16.7 Å². The van der Waals surface area contributed by atoms with Crippen LogP contribution in [0.2, 0.25) is 0 Å². The molecule has 0 saturated heterocycles. The van der Waals surface area contributed by atoms with E-state index in [1.165, 1.54) is 0 Å². The van der Waals surface area contributed by atoms with Gasteiger partial charge in [0.25, 0.3) is 0 Å². The highest BCUT2D eigenvalue weighted by atomic mass is 19.1. The topological polar surface area (TPSA) is 55.1 Å². The predicted octanol–water partition coefficient (Wildman–Crippen LogP) is 3.35. The number of rotatable bonds is 3. The maximum Gasteiger partial charge on any atom is 0.228 e. The van der Waals surface area contributed by atoms with Gasteiger partial charge in [-0.25, -0.2) is 8.78 Å². The van der Waals surface area contributed by atoms with Crippen molar-refractivity contribution in [2.45, 2.75) is 20.3 Å². The molecule has 0 aromatic heterocycles. The van der Waals surface area contributed by atoms with Gasteiger partial charge < -0.3 is 11.1 Å². The molecule has 0 aliphatic carbocycles. The largest absolute Gasteiger partial charge is 0.396 e. The van der Waals surface area contributed by atoms with Crippen LogP contribution >= 0.6 is 0 Å². The number of benzene rings is 2. The van der Waals surface area contributed by atoms with E-state index in [2.05, 4.69) is 5.32 Å². The Hall–Kier alpha value is -2.43. The van der Waals surface area contributed by atoms with E-state index in [1.54, 1.807) is 0 Å². The second-order valence-corrected chi connectivity index (χ2v) is 5.00. The maximum atomic E-state index is 13.5. The van der Waals surface area contributed by atoms with E-state index in [4.69, 9.17) is 5.73 Å². The molecule has 0 aliphatic heterocycles. The number of hydrogen-bond acceptors (Lipinski definition) is 2. The number of amides is 1. The van der Waals surface area contributed by atoms with E-state index in [-0.39, 0.29) is 23.7 Å². The Balaban J connectivity index is 2.11. The molecule has 0 atom stereocenters. The minimum atomic E-state index is -0.852. The lowest BCUT2D eigenvalue weighted by molar-refractivity contribution is -0.115. The summed E-state index contributed by atoms with van der Waals surface area (Å²) < 4.78 is 26.6. The van der Waals surface area contributed by atoms with Gasteiger partial charge in [0.1, 0.15) is 11.6 Å². The van der Waals surface area contributed by atoms with Crippen molar-refractivity contribution < 1.29 is 13.6 Å². The Bertz CT molecular complexity index is 699. The molecule has 0 fully saturated rings. The monoisotopic (exact) mass is 290 g/mol. The summed E-state index contributed by atoms with van der Waals surface area (Å²) in [6.07, 6.45) is 0.109. The third-order valence-electron chi connectivity index (χ3n) is 3.30. The number of anilines is 2. The summed E-state index contributed by atoms with van der Waals surface area (Å²) in [5.74, 6) is -2.09. The summed E-state index contributed by atoms with van der Waals surface area (Å²) in [6, 6.07) is 7.40. The summed E-state index contributed by atoms with van der Waals surface area (Å²) in [7, 11) is 0. The Morgan fingerprint density at radius 2 is 1.81 bits per heavy atom. The average Bonchev–Trinajstić information content (AvgIpc) is 2.40. The minimum Gasteiger partial charge on any atom is -0.396 e. The van der Waals surface area contributed by atoms with Crippen molar-refractivity contribution in [3.63, 3.8) is 0 Å². The second-order valence-electron chi connectivity index (χ2n) is 5.00. The Morgan fingerprint density at radius 1 is 1.10 bits per heavy atom. The van der Waals surface area contributed by atoms with Gasteiger partial charge in [-0.15, -0.1) is 0 Å². The molecule has 5 heteroatoms. The SMILES string of the molecule is Cc1ccc(CC(=O)Nc2cc(N)c(F)cc2F)cc1C. The number of carbonyl (C=O) groups excluding carboxylic acids is 1. The van der Waals surface area contributed by atoms with Gasteiger partial charge in [-0.05, 0) is 36.6 Å². The first-order valence-electron chi connectivity index (χ1n) is 6.47. The first kappa shape index (κ1) is 15.0. The van der Waals surface area contributed by atoms with Crippen LogP contribution in [0.25, 0.3) is 0 Å². The quantitative estimate of drug-likeness (QED) is 0.852. The summed E-state index contributed by atoms with van der Waals surface area (Å²) in [4.78, 5) is 11.9. The van der Waals surface area contributed by atoms with Crippen molar-refractivity contribution in [1.29, 1.82) is 0 Å². The number of halogens is 2. The Morgan fingerprint density at radius 3 is 2.48 bits per heavy atom. The number of hydrogen-bond donors (Lipinski definition) is 2. The molecule has 0 spiro atoms. The molecule has 0 radical (unpaired) electrons. The molecule has 3 N–H and O–H groups in total. The zero-order chi connectivity index (χ0) is 15.6. The molecular weight excluding hydrogens is 274 g/mol. The fraction of sp³-hybridized carbons (Fsp3) is 0.188. The van der Waals surface area contributed by atoms with E-state index < -0.39 is 11.6 Å². The van der Waals surface area contributed by atoms with Gasteiger partial charge in [0.2, 0.25) is 5.91 Å². The Labute approximate surface area is 121 Å². The van der Waals surface area contributed by atoms with Crippen LogP contribution in [0.4, 0.5) is 20.2 Å². The van der Waals surface area contributed by atoms with Gasteiger partial charge >= 0.3 is 0 Å². The molecule has 3 nitrogen and oxygen atoms in total. The fourth-order valence-electron chi connectivity index (χ4n) is 1.95. The molecule has 0 bridgehead atoms. The Kier molecular flexibility index (Phi) is 4.21. The smallest absolute Gasteiger partial charge is 0.228 e. The molecule has 2 rings (SSSR count). The standard InChI is InChI=1S/C16H16F2N2O/c1-9-3-4-11(5-10(9)2)6-16(21)20-15-8-14(19)12(17)7-13(15)18/h3-5,7-8H,6,19H2,1-2H3,(H,20,21). The van der Waals surface area contributed by atoms with Crippen LogP contribution in [0.5, 0.6) is 0 Å². The van der Waals surface area contributed by atoms with Gasteiger partial charge in [0, 0.05) is 6.07 Å². The summed E-state index contributed by atoms with van der Waals surface area (Å²) in [5, 5.41) is 2.40. The molecular formula is C16H16F2N2O. The predicted molar refractivity (Wildman–Crippen MR) is 79.0 cm³/mol. The van der Waals surface area contributed by atoms with Crippen LogP contribution in [0.3, 0.4) is 0 Å². The van der Waals surface area contributed by atoms with Crippen molar-refractivity contribution in [3.05, 3.63) is 58.7 Å². The van der Waals surface area contributed by atoms with E-state index in [0.29, 0.717) is 6.07 Å². The third-order valence-corrected chi connectivity index (χ3v) is 3.30. The number of nitrogen functional groups attached to an aromatic ring is 1. The van der Waals surface area contributed by atoms with Gasteiger partial charge in [-0.1, -0.05) is 18.2 Å². The number of aryl methyl sites for hydroxylation is 2. The first-order chi connectivity index (χ1) is 9.86. The van der Waals surface area contributed by atoms with Crippen molar-refractivity contribution >= 4 is 17.3 Å². The zero-order valence-corrected chi connectivity index (χ0v) is 11.8. The fourth-order valence-corrected chi connectivity index (χ4v) is 1.95. The highest BCUT2D eigenvalue weighted by Crippen LogP contribution is 2.21. The van der Waals surface area contributed by atoms with Gasteiger partial charge in [-0.2, -0.15) is 0 Å². The zero-order valence-electron chi connectivity index (χ0n) is 11.8. The molecule has 0 saturated carbocycles. The van der Waals surface area contributed by atoms with E-state index in [9.17, 15) is 13.6 Å². The average molecular weight is 290 g/mol. The number of nitrogens with two attached hydrogens (primary N) is 1. The minimum absolute atomic E-state index is 0.109. The molecule has 0 heterocycles. The molecule has 0 aliphatic rings. The van der Waals surface area contributed by atoms with Crippen molar-refractivity contribution in [3.8, 4) is 0 Å². The van der Waals surface area contributed by atoms with Crippen LogP contribution in [-0.4, -0.2) is 5.91 Å². The molecule has 2 aromatic rings.